The van der Waals surface area contributed by atoms with E-state index >= 15 is 0 Å². The molecule has 51 heavy (non-hydrogen) atoms. The zero-order chi connectivity index (χ0) is 36.4. The van der Waals surface area contributed by atoms with Crippen LogP contribution in [0, 0.1) is 17.8 Å². The number of ether oxygens (including phenoxy) is 1. The summed E-state index contributed by atoms with van der Waals surface area (Å²) in [5.41, 5.74) is 2.99. The van der Waals surface area contributed by atoms with E-state index in [-0.39, 0.29) is 72.5 Å². The number of hydrogen-bond donors (Lipinski definition) is 4. The summed E-state index contributed by atoms with van der Waals surface area (Å²) in [5, 5.41) is 15.2. The van der Waals surface area contributed by atoms with Crippen LogP contribution in [-0.4, -0.2) is 77.6 Å². The van der Waals surface area contributed by atoms with E-state index in [1.165, 1.54) is 12.1 Å². The van der Waals surface area contributed by atoms with Crippen LogP contribution in [0.2, 0.25) is 0 Å². The number of nitrogens with one attached hydrogen (secondary N) is 3. The first kappa shape index (κ1) is 41.3. The topological polar surface area (TPSA) is 211 Å². The second kappa shape index (κ2) is 18.9. The molecule has 0 bridgehead atoms. The van der Waals surface area contributed by atoms with Crippen LogP contribution in [0.25, 0.3) is 0 Å². The predicted octanol–water partition coefficient (Wildman–Crippen LogP) is -0.249. The number of nitrogens with zero attached hydrogens (tertiary/aromatic N) is 1. The molecule has 266 valence electrons. The van der Waals surface area contributed by atoms with E-state index in [9.17, 15) is 42.2 Å². The van der Waals surface area contributed by atoms with Crippen molar-refractivity contribution in [3.05, 3.63) is 95.6 Å². The molecule has 14 nitrogen and oxygen atoms in total. The Kier molecular flexibility index (Phi) is 15.3. The van der Waals surface area contributed by atoms with Gasteiger partial charge in [0.2, 0.25) is 17.7 Å². The Hall–Kier alpha value is -4.12. The molecule has 1 unspecified atom stereocenters. The van der Waals surface area contributed by atoms with Gasteiger partial charge in [0.05, 0.1) is 39.7 Å². The normalized spacial score (nSPS) is 14.2. The Morgan fingerprint density at radius 1 is 0.843 bits per heavy atom. The molecular weight excluding hydrogens is 691 g/mol. The van der Waals surface area contributed by atoms with E-state index in [0.717, 1.165) is 4.90 Å². The summed E-state index contributed by atoms with van der Waals surface area (Å²) in [4.78, 5) is 68.0. The minimum atomic E-state index is -4.36. The van der Waals surface area contributed by atoms with Crippen molar-refractivity contribution in [1.29, 1.82) is 0 Å². The van der Waals surface area contributed by atoms with Gasteiger partial charge in [0.15, 0.2) is 0 Å². The molecule has 16 heteroatoms. The van der Waals surface area contributed by atoms with Crippen molar-refractivity contribution >= 4 is 45.3 Å². The second-order valence-electron chi connectivity index (χ2n) is 12.3. The van der Waals surface area contributed by atoms with Gasteiger partial charge in [0.25, 0.3) is 11.8 Å². The van der Waals surface area contributed by atoms with Crippen molar-refractivity contribution in [3.63, 3.8) is 0 Å². The second-order valence-corrected chi connectivity index (χ2v) is 13.8. The maximum atomic E-state index is 14.1. The minimum absolute atomic E-state index is 0. The average Bonchev–Trinajstić information content (AvgIpc) is 3.32. The summed E-state index contributed by atoms with van der Waals surface area (Å²) in [6, 6.07) is 20.1. The SMILES string of the molecule is CC(C)C[C@@H](C(=O)N[C@@H](Cc1ccc(OCCCS(=O)(=O)[O-])cc1)C(=O)Nc1ccccc1)C(CN1C(=O)c2ccccc2C1=O)C(=O)NO.[Na+]. The Morgan fingerprint density at radius 2 is 1.43 bits per heavy atom. The third kappa shape index (κ3) is 11.7. The number of rotatable bonds is 17. The fourth-order valence-electron chi connectivity index (χ4n) is 5.66. The largest absolute Gasteiger partial charge is 1.00 e. The summed E-state index contributed by atoms with van der Waals surface area (Å²) in [5.74, 6) is -6.35. The molecule has 1 heterocycles. The average molecular weight is 731 g/mol. The first-order valence-electron chi connectivity index (χ1n) is 16.0. The molecular formula is C35H39N4NaO10S. The van der Waals surface area contributed by atoms with Crippen LogP contribution in [-0.2, 0) is 30.9 Å². The Bertz CT molecular complexity index is 1770. The summed E-state index contributed by atoms with van der Waals surface area (Å²) in [6.07, 6.45) is 0.129. The van der Waals surface area contributed by atoms with E-state index < -0.39 is 69.8 Å². The summed E-state index contributed by atoms with van der Waals surface area (Å²) in [7, 11) is -4.36. The summed E-state index contributed by atoms with van der Waals surface area (Å²) in [6.45, 7) is 3.14. The standard InChI is InChI=1S/C35H40N4O10S.Na/c1-22(2)19-28(29(32(41)38-45)21-39-34(43)26-11-6-7-12-27(26)35(39)44)31(40)37-30(33(42)36-24-9-4-3-5-10-24)20-23-13-15-25(16-14-23)49-17-8-18-50(46,47)48;/h3-7,9-16,22,28-30,45H,8,17-21H2,1-2H3,(H,36,42)(H,37,40)(H,38,41)(H,46,47,48);/q;+1/p-1/t28-,29?,30+;/m1./s1. The van der Waals surface area contributed by atoms with Crippen molar-refractivity contribution < 1.29 is 76.4 Å². The number of para-hydroxylation sites is 1. The molecule has 0 aliphatic carbocycles. The van der Waals surface area contributed by atoms with Gasteiger partial charge in [-0.15, -0.1) is 0 Å². The molecule has 4 rings (SSSR count). The van der Waals surface area contributed by atoms with Crippen LogP contribution in [0.3, 0.4) is 0 Å². The van der Waals surface area contributed by atoms with Crippen LogP contribution in [0.4, 0.5) is 5.69 Å². The molecule has 0 aromatic heterocycles. The molecule has 0 saturated carbocycles. The number of amides is 5. The number of benzene rings is 3. The van der Waals surface area contributed by atoms with Gasteiger partial charge < -0.3 is 19.9 Å². The van der Waals surface area contributed by atoms with Gasteiger partial charge in [-0.2, -0.15) is 0 Å². The third-order valence-electron chi connectivity index (χ3n) is 8.10. The van der Waals surface area contributed by atoms with Gasteiger partial charge >= 0.3 is 29.6 Å². The summed E-state index contributed by atoms with van der Waals surface area (Å²) >= 11 is 0. The molecule has 4 N–H and O–H groups in total. The number of imide groups is 1. The van der Waals surface area contributed by atoms with Gasteiger partial charge in [0, 0.05) is 24.4 Å². The van der Waals surface area contributed by atoms with Crippen molar-refractivity contribution in [3.8, 4) is 5.75 Å². The maximum Gasteiger partial charge on any atom is 1.00 e. The zero-order valence-electron chi connectivity index (χ0n) is 28.5. The van der Waals surface area contributed by atoms with Crippen LogP contribution in [0.1, 0.15) is 53.0 Å². The fourth-order valence-corrected chi connectivity index (χ4v) is 6.13. The molecule has 0 radical (unpaired) electrons. The Morgan fingerprint density at radius 3 is 1.98 bits per heavy atom. The molecule has 3 aromatic carbocycles. The maximum absolute atomic E-state index is 14.1. The number of hydrogen-bond acceptors (Lipinski definition) is 10. The minimum Gasteiger partial charge on any atom is -0.748 e. The molecule has 3 aromatic rings. The van der Waals surface area contributed by atoms with Gasteiger partial charge in [-0.3, -0.25) is 34.1 Å². The van der Waals surface area contributed by atoms with E-state index in [4.69, 9.17) is 4.74 Å². The Labute approximate surface area is 318 Å². The van der Waals surface area contributed by atoms with E-state index in [2.05, 4.69) is 10.6 Å². The Balaban J connectivity index is 0.00000702. The number of fused-ring (bicyclic) bond motifs is 1. The van der Waals surface area contributed by atoms with Crippen molar-refractivity contribution in [2.75, 3.05) is 24.2 Å². The number of carbonyl (C=O) groups is 5. The van der Waals surface area contributed by atoms with Crippen LogP contribution in [0.15, 0.2) is 78.9 Å². The van der Waals surface area contributed by atoms with Crippen LogP contribution < -0.4 is 50.4 Å². The predicted molar refractivity (Wildman–Crippen MR) is 180 cm³/mol. The molecule has 0 spiro atoms. The van der Waals surface area contributed by atoms with Crippen molar-refractivity contribution in [2.45, 2.75) is 39.2 Å². The molecule has 0 saturated heterocycles. The summed E-state index contributed by atoms with van der Waals surface area (Å²) < 4.78 is 38.0. The van der Waals surface area contributed by atoms with E-state index in [0.29, 0.717) is 17.0 Å². The molecule has 5 amide bonds. The third-order valence-corrected chi connectivity index (χ3v) is 8.89. The fraction of sp³-hybridized carbons (Fsp3) is 0.343. The van der Waals surface area contributed by atoms with Crippen LogP contribution in [0.5, 0.6) is 5.75 Å². The van der Waals surface area contributed by atoms with Gasteiger partial charge in [-0.05, 0) is 60.7 Å². The zero-order valence-corrected chi connectivity index (χ0v) is 31.4. The van der Waals surface area contributed by atoms with Crippen molar-refractivity contribution in [1.82, 2.24) is 15.7 Å². The monoisotopic (exact) mass is 730 g/mol. The van der Waals surface area contributed by atoms with Gasteiger partial charge in [0.1, 0.15) is 11.8 Å². The number of hydroxylamine groups is 1. The van der Waals surface area contributed by atoms with E-state index in [1.807, 2.05) is 13.8 Å². The first-order chi connectivity index (χ1) is 23.8. The number of anilines is 1. The molecule has 3 atom stereocenters. The van der Waals surface area contributed by atoms with E-state index in [1.54, 1.807) is 72.2 Å². The quantitative estimate of drug-likeness (QED) is 0.0357. The number of carbonyl (C=O) groups excluding carboxylic acids is 5. The molecule has 1 aliphatic heterocycles. The van der Waals surface area contributed by atoms with Gasteiger partial charge in [-0.25, -0.2) is 13.9 Å². The molecule has 1 aliphatic rings. The molecule has 0 fully saturated rings. The smallest absolute Gasteiger partial charge is 0.748 e. The van der Waals surface area contributed by atoms with Crippen LogP contribution >= 0.6 is 0 Å². The van der Waals surface area contributed by atoms with Gasteiger partial charge in [-0.1, -0.05) is 56.3 Å². The first-order valence-corrected chi connectivity index (χ1v) is 17.6. The van der Waals surface area contributed by atoms with Crippen molar-refractivity contribution in [2.24, 2.45) is 17.8 Å².